The molecule has 0 aliphatic carbocycles. The third kappa shape index (κ3) is 5.39. The van der Waals surface area contributed by atoms with Crippen molar-refractivity contribution in [3.8, 4) is 5.75 Å². The Labute approximate surface area is 144 Å². The molecule has 1 aromatic rings. The second-order valence-electron chi connectivity index (χ2n) is 6.09. The summed E-state index contributed by atoms with van der Waals surface area (Å²) in [4.78, 5) is 6.70. The highest BCUT2D eigenvalue weighted by atomic mass is 16.5. The molecule has 2 unspecified atom stereocenters. The summed E-state index contributed by atoms with van der Waals surface area (Å²) < 4.78 is 10.6. The van der Waals surface area contributed by atoms with Gasteiger partial charge in [0.05, 0.1) is 26.4 Å². The quantitative estimate of drug-likeness (QED) is 0.586. The second kappa shape index (κ2) is 9.49. The minimum atomic E-state index is -0.632. The number of nitrogens with one attached hydrogen (secondary N) is 1. The predicted octanol–water partition coefficient (Wildman–Crippen LogP) is 1.66. The molecule has 1 saturated heterocycles. The van der Waals surface area contributed by atoms with Gasteiger partial charge in [0, 0.05) is 32.7 Å². The minimum absolute atomic E-state index is 0.320. The first-order chi connectivity index (χ1) is 11.6. The Morgan fingerprint density at radius 1 is 1.46 bits per heavy atom. The van der Waals surface area contributed by atoms with Crippen LogP contribution >= 0.6 is 0 Å². The number of benzene rings is 1. The molecule has 24 heavy (non-hydrogen) atoms. The molecule has 0 amide bonds. The highest BCUT2D eigenvalue weighted by Gasteiger charge is 2.19. The Morgan fingerprint density at radius 3 is 2.79 bits per heavy atom. The summed E-state index contributed by atoms with van der Waals surface area (Å²) in [6.07, 6.45) is 0.464. The lowest BCUT2D eigenvalue weighted by molar-refractivity contribution is 0.180. The number of rotatable bonds is 7. The van der Waals surface area contributed by atoms with Crippen LogP contribution in [0.25, 0.3) is 0 Å². The van der Waals surface area contributed by atoms with Gasteiger partial charge in [0.25, 0.3) is 0 Å². The number of aliphatic hydroxyl groups is 1. The highest BCUT2D eigenvalue weighted by Crippen LogP contribution is 2.18. The summed E-state index contributed by atoms with van der Waals surface area (Å²) in [5.74, 6) is 2.14. The van der Waals surface area contributed by atoms with E-state index in [9.17, 15) is 5.11 Å². The second-order valence-corrected chi connectivity index (χ2v) is 6.09. The van der Waals surface area contributed by atoms with E-state index in [0.29, 0.717) is 12.5 Å². The molecule has 0 radical (unpaired) electrons. The lowest BCUT2D eigenvalue weighted by atomic mass is 10.1. The third-order valence-corrected chi connectivity index (χ3v) is 4.17. The topological polar surface area (TPSA) is 66.3 Å². The Balaban J connectivity index is 1.94. The van der Waals surface area contributed by atoms with Gasteiger partial charge in [0.2, 0.25) is 0 Å². The Hall–Kier alpha value is -1.79. The summed E-state index contributed by atoms with van der Waals surface area (Å²) in [5, 5.41) is 13.6. The van der Waals surface area contributed by atoms with Gasteiger partial charge in [-0.25, -0.2) is 0 Å². The van der Waals surface area contributed by atoms with Crippen LogP contribution in [0.2, 0.25) is 0 Å². The van der Waals surface area contributed by atoms with E-state index in [1.165, 1.54) is 0 Å². The van der Waals surface area contributed by atoms with Crippen LogP contribution < -0.4 is 10.1 Å². The summed E-state index contributed by atoms with van der Waals surface area (Å²) in [6.45, 7) is 5.73. The fourth-order valence-corrected chi connectivity index (χ4v) is 2.78. The van der Waals surface area contributed by atoms with E-state index in [2.05, 4.69) is 15.2 Å². The number of aliphatic hydroxyl groups excluding tert-OH is 1. The number of guanidine groups is 1. The molecule has 1 aliphatic rings. The molecule has 1 aliphatic heterocycles. The molecule has 6 heteroatoms. The molecular formula is C18H29N3O3. The monoisotopic (exact) mass is 335 g/mol. The first-order valence-electron chi connectivity index (χ1n) is 8.53. The van der Waals surface area contributed by atoms with Crippen LogP contribution in [-0.4, -0.2) is 63.0 Å². The van der Waals surface area contributed by atoms with E-state index in [4.69, 9.17) is 9.47 Å². The molecule has 2 N–H and O–H groups in total. The van der Waals surface area contributed by atoms with Gasteiger partial charge in [0.15, 0.2) is 5.96 Å². The summed E-state index contributed by atoms with van der Waals surface area (Å²) >= 11 is 0. The maximum absolute atomic E-state index is 10.4. The fraction of sp³-hybridized carbons (Fsp3) is 0.611. The average Bonchev–Trinajstić information content (AvgIpc) is 3.11. The van der Waals surface area contributed by atoms with Gasteiger partial charge in [0.1, 0.15) is 5.75 Å². The van der Waals surface area contributed by atoms with Gasteiger partial charge in [-0.15, -0.1) is 0 Å². The zero-order valence-electron chi connectivity index (χ0n) is 14.9. The van der Waals surface area contributed by atoms with Crippen LogP contribution in [0.4, 0.5) is 0 Å². The number of hydrogen-bond donors (Lipinski definition) is 2. The first kappa shape index (κ1) is 18.5. The van der Waals surface area contributed by atoms with Gasteiger partial charge in [-0.2, -0.15) is 0 Å². The van der Waals surface area contributed by atoms with Crippen LogP contribution in [-0.2, 0) is 4.74 Å². The summed E-state index contributed by atoms with van der Waals surface area (Å²) in [7, 11) is 3.66. The van der Waals surface area contributed by atoms with Crippen molar-refractivity contribution in [1.82, 2.24) is 10.2 Å². The summed E-state index contributed by atoms with van der Waals surface area (Å²) in [6, 6.07) is 7.43. The van der Waals surface area contributed by atoms with E-state index in [1.807, 2.05) is 38.2 Å². The van der Waals surface area contributed by atoms with Gasteiger partial charge in [-0.3, -0.25) is 4.99 Å². The molecule has 0 aromatic heterocycles. The maximum Gasteiger partial charge on any atom is 0.193 e. The zero-order valence-corrected chi connectivity index (χ0v) is 14.9. The van der Waals surface area contributed by atoms with Crippen molar-refractivity contribution in [3.63, 3.8) is 0 Å². The normalized spacial score (nSPS) is 19.2. The number of aliphatic imine (C=N–C) groups is 1. The lowest BCUT2D eigenvalue weighted by Gasteiger charge is -2.25. The Morgan fingerprint density at radius 2 is 2.21 bits per heavy atom. The van der Waals surface area contributed by atoms with Crippen LogP contribution in [0.3, 0.4) is 0 Å². The molecule has 1 fully saturated rings. The van der Waals surface area contributed by atoms with E-state index < -0.39 is 6.10 Å². The standard InChI is InChI=1S/C18H29N3O3/c1-4-19-18(21(2)12-14-9-10-24-13-14)20-11-17(22)15-5-7-16(23-3)8-6-15/h5-8,14,17,22H,4,9-13H2,1-3H3,(H,19,20). The molecule has 6 nitrogen and oxygen atoms in total. The SMILES string of the molecule is CCNC(=NCC(O)c1ccc(OC)cc1)N(C)CC1CCOC1. The van der Waals surface area contributed by atoms with Crippen molar-refractivity contribution in [1.29, 1.82) is 0 Å². The predicted molar refractivity (Wildman–Crippen MR) is 95.5 cm³/mol. The Bertz CT molecular complexity index is 513. The molecule has 134 valence electrons. The molecular weight excluding hydrogens is 306 g/mol. The van der Waals surface area contributed by atoms with E-state index >= 15 is 0 Å². The molecule has 1 aromatic carbocycles. The molecule has 0 saturated carbocycles. The highest BCUT2D eigenvalue weighted by molar-refractivity contribution is 5.79. The van der Waals surface area contributed by atoms with Gasteiger partial charge in [-0.05, 0) is 31.0 Å². The molecule has 0 spiro atoms. The van der Waals surface area contributed by atoms with Crippen molar-refractivity contribution >= 4 is 5.96 Å². The first-order valence-corrected chi connectivity index (χ1v) is 8.53. The molecule has 0 bridgehead atoms. The van der Waals surface area contributed by atoms with Crippen molar-refractivity contribution in [2.45, 2.75) is 19.4 Å². The average molecular weight is 335 g/mol. The van der Waals surface area contributed by atoms with E-state index in [0.717, 1.165) is 50.0 Å². The molecule has 2 rings (SSSR count). The summed E-state index contributed by atoms with van der Waals surface area (Å²) in [5.41, 5.74) is 0.835. The third-order valence-electron chi connectivity index (χ3n) is 4.17. The van der Waals surface area contributed by atoms with Crippen LogP contribution in [0, 0.1) is 5.92 Å². The van der Waals surface area contributed by atoms with Gasteiger partial charge in [-0.1, -0.05) is 12.1 Å². The van der Waals surface area contributed by atoms with Gasteiger partial charge >= 0.3 is 0 Å². The van der Waals surface area contributed by atoms with Gasteiger partial charge < -0.3 is 24.8 Å². The zero-order chi connectivity index (χ0) is 17.4. The smallest absolute Gasteiger partial charge is 0.193 e. The number of nitrogens with zero attached hydrogens (tertiary/aromatic N) is 2. The Kier molecular flexibility index (Phi) is 7.34. The molecule has 2 atom stereocenters. The number of methoxy groups -OCH3 is 1. The van der Waals surface area contributed by atoms with Crippen molar-refractivity contribution < 1.29 is 14.6 Å². The maximum atomic E-state index is 10.4. The van der Waals surface area contributed by atoms with Crippen molar-refractivity contribution in [3.05, 3.63) is 29.8 Å². The fourth-order valence-electron chi connectivity index (χ4n) is 2.78. The van der Waals surface area contributed by atoms with Crippen molar-refractivity contribution in [2.24, 2.45) is 10.9 Å². The minimum Gasteiger partial charge on any atom is -0.497 e. The van der Waals surface area contributed by atoms with Crippen LogP contribution in [0.5, 0.6) is 5.75 Å². The van der Waals surface area contributed by atoms with Crippen molar-refractivity contribution in [2.75, 3.05) is 47.0 Å². The van der Waals surface area contributed by atoms with E-state index in [1.54, 1.807) is 7.11 Å². The lowest BCUT2D eigenvalue weighted by Crippen LogP contribution is -2.41. The van der Waals surface area contributed by atoms with Crippen LogP contribution in [0.15, 0.2) is 29.3 Å². The van der Waals surface area contributed by atoms with Crippen LogP contribution in [0.1, 0.15) is 25.0 Å². The number of hydrogen-bond acceptors (Lipinski definition) is 4. The number of ether oxygens (including phenoxy) is 2. The largest absolute Gasteiger partial charge is 0.497 e. The van der Waals surface area contributed by atoms with E-state index in [-0.39, 0.29) is 0 Å². The molecule has 1 heterocycles.